The number of methoxy groups -OCH3 is 1. The molecule has 1 aromatic carbocycles. The molecule has 0 aliphatic carbocycles. The summed E-state index contributed by atoms with van der Waals surface area (Å²) in [5.41, 5.74) is 0.760. The van der Waals surface area contributed by atoms with Crippen LogP contribution in [0.3, 0.4) is 0 Å². The first-order valence-corrected chi connectivity index (χ1v) is 8.25. The highest BCUT2D eigenvalue weighted by Crippen LogP contribution is 2.27. The van der Waals surface area contributed by atoms with Crippen molar-refractivity contribution in [1.29, 1.82) is 0 Å². The van der Waals surface area contributed by atoms with Gasteiger partial charge in [0.2, 0.25) is 5.16 Å². The van der Waals surface area contributed by atoms with Crippen molar-refractivity contribution < 1.29 is 13.5 Å². The Morgan fingerprint density at radius 3 is 2.92 bits per heavy atom. The molecule has 5 nitrogen and oxygen atoms in total. The van der Waals surface area contributed by atoms with Gasteiger partial charge in [-0.1, -0.05) is 11.8 Å². The summed E-state index contributed by atoms with van der Waals surface area (Å²) in [6.45, 7) is 1.89. The third-order valence-corrected chi connectivity index (χ3v) is 4.14. The second kappa shape index (κ2) is 7.35. The monoisotopic (exact) mass is 345 g/mol. The molecule has 0 saturated heterocycles. The number of ether oxygens (including phenoxy) is 1. The summed E-state index contributed by atoms with van der Waals surface area (Å²) in [7, 11) is 1.56. The normalized spacial score (nSPS) is 11.3. The van der Waals surface area contributed by atoms with Crippen molar-refractivity contribution in [2.45, 2.75) is 17.8 Å². The number of halogens is 1. The largest absolute Gasteiger partial charge is 0.496 e. The first kappa shape index (κ1) is 16.3. The Bertz CT molecular complexity index is 857. The number of aromatic amines is 1. The Labute approximate surface area is 142 Å². The zero-order valence-corrected chi connectivity index (χ0v) is 14.1. The number of nitrogens with one attached hydrogen (secondary N) is 1. The molecule has 0 radical (unpaired) electrons. The predicted molar refractivity (Wildman–Crippen MR) is 91.3 cm³/mol. The van der Waals surface area contributed by atoms with Crippen LogP contribution in [0.15, 0.2) is 39.9 Å². The minimum Gasteiger partial charge on any atom is -0.496 e. The summed E-state index contributed by atoms with van der Waals surface area (Å²) in [6.07, 6.45) is 3.61. The van der Waals surface area contributed by atoms with Crippen LogP contribution in [0, 0.1) is 12.7 Å². The first-order valence-electron chi connectivity index (χ1n) is 7.26. The highest BCUT2D eigenvalue weighted by atomic mass is 32.2. The van der Waals surface area contributed by atoms with Gasteiger partial charge in [0.25, 0.3) is 0 Å². The number of rotatable bonds is 6. The molecule has 0 aliphatic rings. The highest BCUT2D eigenvalue weighted by Gasteiger charge is 2.08. The minimum absolute atomic E-state index is 0.293. The summed E-state index contributed by atoms with van der Waals surface area (Å²) in [5, 5.41) is 7.56. The predicted octanol–water partition coefficient (Wildman–Crippen LogP) is 4.32. The van der Waals surface area contributed by atoms with E-state index in [1.165, 1.54) is 23.9 Å². The maximum Gasteiger partial charge on any atom is 0.209 e. The van der Waals surface area contributed by atoms with Gasteiger partial charge < -0.3 is 9.15 Å². The summed E-state index contributed by atoms with van der Waals surface area (Å²) in [5.74, 6) is 3.10. The van der Waals surface area contributed by atoms with E-state index in [2.05, 4.69) is 15.2 Å². The highest BCUT2D eigenvalue weighted by molar-refractivity contribution is 7.98. The maximum absolute atomic E-state index is 13.4. The molecule has 0 saturated carbocycles. The molecule has 0 fully saturated rings. The van der Waals surface area contributed by atoms with Crippen LogP contribution < -0.4 is 4.74 Å². The molecule has 0 unspecified atom stereocenters. The Balaban J connectivity index is 1.64. The number of thioether (sulfide) groups is 1. The average Bonchev–Trinajstić information content (AvgIpc) is 3.20. The van der Waals surface area contributed by atoms with E-state index in [0.717, 1.165) is 17.1 Å². The maximum atomic E-state index is 13.4. The summed E-state index contributed by atoms with van der Waals surface area (Å²) >= 11 is 1.40. The van der Waals surface area contributed by atoms with Crippen molar-refractivity contribution in [1.82, 2.24) is 15.2 Å². The quantitative estimate of drug-likeness (QED) is 0.674. The number of hydrogen-bond donors (Lipinski definition) is 1. The topological polar surface area (TPSA) is 63.9 Å². The van der Waals surface area contributed by atoms with Crippen molar-refractivity contribution in [3.8, 4) is 5.75 Å². The van der Waals surface area contributed by atoms with Crippen molar-refractivity contribution in [3.63, 3.8) is 0 Å². The van der Waals surface area contributed by atoms with E-state index in [0.29, 0.717) is 22.5 Å². The van der Waals surface area contributed by atoms with Gasteiger partial charge in [-0.05, 0) is 49.4 Å². The van der Waals surface area contributed by atoms with Crippen LogP contribution in [0.5, 0.6) is 5.75 Å². The minimum atomic E-state index is -0.293. The number of nitrogens with zero attached hydrogens (tertiary/aromatic N) is 2. The second-order valence-corrected chi connectivity index (χ2v) is 5.97. The van der Waals surface area contributed by atoms with E-state index in [1.807, 2.05) is 25.1 Å². The first-order chi connectivity index (χ1) is 11.6. The fourth-order valence-electron chi connectivity index (χ4n) is 2.10. The van der Waals surface area contributed by atoms with Gasteiger partial charge in [-0.2, -0.15) is 0 Å². The van der Waals surface area contributed by atoms with Crippen LogP contribution in [-0.2, 0) is 5.75 Å². The van der Waals surface area contributed by atoms with E-state index in [9.17, 15) is 4.39 Å². The SMILES string of the molecule is COc1ccc(F)cc1CSc1n[nH]c(/C=C/c2ccc(C)o2)n1. The lowest BCUT2D eigenvalue weighted by molar-refractivity contribution is 0.410. The van der Waals surface area contributed by atoms with Gasteiger partial charge in [-0.3, -0.25) is 5.10 Å². The zero-order chi connectivity index (χ0) is 16.9. The Kier molecular flexibility index (Phi) is 5.00. The summed E-state index contributed by atoms with van der Waals surface area (Å²) < 4.78 is 24.0. The molecule has 0 aliphatic heterocycles. The molecule has 124 valence electrons. The van der Waals surface area contributed by atoms with E-state index in [1.54, 1.807) is 19.3 Å². The number of aromatic nitrogens is 3. The summed E-state index contributed by atoms with van der Waals surface area (Å²) in [6, 6.07) is 8.22. The van der Waals surface area contributed by atoms with Crippen molar-refractivity contribution in [2.75, 3.05) is 7.11 Å². The van der Waals surface area contributed by atoms with Gasteiger partial charge in [0.05, 0.1) is 7.11 Å². The number of furan rings is 1. The van der Waals surface area contributed by atoms with Gasteiger partial charge in [0.1, 0.15) is 28.9 Å². The molecule has 0 atom stereocenters. The standard InChI is InChI=1S/C17H16FN3O2S/c1-11-3-5-14(23-11)6-8-16-19-17(21-20-16)24-10-12-9-13(18)4-7-15(12)22-2/h3-9H,10H2,1-2H3,(H,19,20,21)/b8-6+. The van der Waals surface area contributed by atoms with Gasteiger partial charge in [-0.15, -0.1) is 5.10 Å². The Morgan fingerprint density at radius 1 is 1.29 bits per heavy atom. The number of hydrogen-bond acceptors (Lipinski definition) is 5. The lowest BCUT2D eigenvalue weighted by Crippen LogP contribution is -1.92. The van der Waals surface area contributed by atoms with Crippen LogP contribution in [0.4, 0.5) is 4.39 Å². The smallest absolute Gasteiger partial charge is 0.209 e. The van der Waals surface area contributed by atoms with E-state index < -0.39 is 0 Å². The van der Waals surface area contributed by atoms with Gasteiger partial charge in [-0.25, -0.2) is 9.37 Å². The van der Waals surface area contributed by atoms with Crippen LogP contribution in [0.1, 0.15) is 22.9 Å². The Morgan fingerprint density at radius 2 is 2.17 bits per heavy atom. The third-order valence-electron chi connectivity index (χ3n) is 3.25. The molecule has 0 amide bonds. The molecular formula is C17H16FN3O2S. The lowest BCUT2D eigenvalue weighted by atomic mass is 10.2. The second-order valence-electron chi connectivity index (χ2n) is 5.03. The summed E-state index contributed by atoms with van der Waals surface area (Å²) in [4.78, 5) is 4.36. The van der Waals surface area contributed by atoms with Crippen LogP contribution in [0.2, 0.25) is 0 Å². The molecule has 2 aromatic heterocycles. The van der Waals surface area contributed by atoms with Gasteiger partial charge >= 0.3 is 0 Å². The molecule has 2 heterocycles. The molecule has 0 bridgehead atoms. The fraction of sp³-hybridized carbons (Fsp3) is 0.176. The van der Waals surface area contributed by atoms with Crippen molar-refractivity contribution >= 4 is 23.9 Å². The van der Waals surface area contributed by atoms with Crippen LogP contribution in [-0.4, -0.2) is 22.3 Å². The molecule has 24 heavy (non-hydrogen) atoms. The lowest BCUT2D eigenvalue weighted by Gasteiger charge is -2.06. The van der Waals surface area contributed by atoms with Gasteiger partial charge in [0, 0.05) is 11.3 Å². The fourth-order valence-corrected chi connectivity index (χ4v) is 2.89. The van der Waals surface area contributed by atoms with E-state index in [-0.39, 0.29) is 5.82 Å². The average molecular weight is 345 g/mol. The van der Waals surface area contributed by atoms with Gasteiger partial charge in [0.15, 0.2) is 0 Å². The van der Waals surface area contributed by atoms with Crippen molar-refractivity contribution in [3.05, 3.63) is 59.1 Å². The molecule has 3 aromatic rings. The zero-order valence-electron chi connectivity index (χ0n) is 13.2. The van der Waals surface area contributed by atoms with E-state index in [4.69, 9.17) is 9.15 Å². The number of benzene rings is 1. The molecule has 0 spiro atoms. The molecule has 3 rings (SSSR count). The van der Waals surface area contributed by atoms with E-state index >= 15 is 0 Å². The van der Waals surface area contributed by atoms with Crippen molar-refractivity contribution in [2.24, 2.45) is 0 Å². The molecule has 1 N–H and O–H groups in total. The molecule has 7 heteroatoms. The Hall–Kier alpha value is -2.54. The van der Waals surface area contributed by atoms with Crippen LogP contribution >= 0.6 is 11.8 Å². The number of aryl methyl sites for hydroxylation is 1. The van der Waals surface area contributed by atoms with Crippen LogP contribution in [0.25, 0.3) is 12.2 Å². The number of H-pyrrole nitrogens is 1. The molecular weight excluding hydrogens is 329 g/mol. The third kappa shape index (κ3) is 4.05.